The molecule has 18 heavy (non-hydrogen) atoms. The number of piperidine rings is 1. The molecular weight excluding hydrogens is 230 g/mol. The third-order valence-electron chi connectivity index (χ3n) is 3.44. The van der Waals surface area contributed by atoms with Gasteiger partial charge in [-0.1, -0.05) is 18.6 Å². The summed E-state index contributed by atoms with van der Waals surface area (Å²) in [5.41, 5.74) is 1.13. The lowest BCUT2D eigenvalue weighted by Gasteiger charge is -2.32. The number of carboxylic acid groups (broad SMARTS) is 1. The number of ether oxygens (including phenoxy) is 1. The van der Waals surface area contributed by atoms with Crippen molar-refractivity contribution in [2.45, 2.75) is 31.8 Å². The van der Waals surface area contributed by atoms with Gasteiger partial charge in [0.15, 0.2) is 0 Å². The summed E-state index contributed by atoms with van der Waals surface area (Å²) < 4.78 is 5.11. The van der Waals surface area contributed by atoms with Crippen LogP contribution >= 0.6 is 0 Å². The second-order valence-electron chi connectivity index (χ2n) is 4.67. The van der Waals surface area contributed by atoms with Crippen LogP contribution in [0.15, 0.2) is 24.3 Å². The first-order valence-corrected chi connectivity index (χ1v) is 6.30. The number of likely N-dealkylation sites (tertiary alicyclic amines) is 1. The molecule has 1 saturated heterocycles. The Morgan fingerprint density at radius 1 is 1.39 bits per heavy atom. The maximum absolute atomic E-state index is 11.2. The smallest absolute Gasteiger partial charge is 0.320 e. The van der Waals surface area contributed by atoms with Gasteiger partial charge < -0.3 is 9.84 Å². The highest BCUT2D eigenvalue weighted by molar-refractivity contribution is 5.73. The van der Waals surface area contributed by atoms with E-state index < -0.39 is 5.97 Å². The predicted molar refractivity (Wildman–Crippen MR) is 68.7 cm³/mol. The standard InChI is InChI=1S/C14H19NO3/c1-18-12-7-5-11(6-8-12)10-15-9-3-2-4-13(15)14(16)17/h5-8,13H,2-4,9-10H2,1H3,(H,16,17). The Morgan fingerprint density at radius 2 is 2.11 bits per heavy atom. The summed E-state index contributed by atoms with van der Waals surface area (Å²) in [6.45, 7) is 1.56. The third-order valence-corrected chi connectivity index (χ3v) is 3.44. The van der Waals surface area contributed by atoms with E-state index in [9.17, 15) is 9.90 Å². The first-order valence-electron chi connectivity index (χ1n) is 6.30. The predicted octanol–water partition coefficient (Wildman–Crippen LogP) is 2.13. The molecule has 0 saturated carbocycles. The van der Waals surface area contributed by atoms with Crippen LogP contribution in [0.1, 0.15) is 24.8 Å². The first-order chi connectivity index (χ1) is 8.70. The van der Waals surface area contributed by atoms with Gasteiger partial charge in [-0.05, 0) is 37.1 Å². The van der Waals surface area contributed by atoms with E-state index in [2.05, 4.69) is 0 Å². The van der Waals surface area contributed by atoms with Crippen LogP contribution in [-0.2, 0) is 11.3 Å². The number of nitrogens with zero attached hydrogens (tertiary/aromatic N) is 1. The van der Waals surface area contributed by atoms with Crippen molar-refractivity contribution in [1.29, 1.82) is 0 Å². The molecule has 0 aromatic heterocycles. The van der Waals surface area contributed by atoms with Crippen LogP contribution in [0.25, 0.3) is 0 Å². The van der Waals surface area contributed by atoms with Gasteiger partial charge in [0.2, 0.25) is 0 Å². The minimum Gasteiger partial charge on any atom is -0.497 e. The number of hydrogen-bond acceptors (Lipinski definition) is 3. The quantitative estimate of drug-likeness (QED) is 0.888. The molecule has 1 aromatic rings. The summed E-state index contributed by atoms with van der Waals surface area (Å²) in [7, 11) is 1.64. The minimum absolute atomic E-state index is 0.333. The zero-order valence-electron chi connectivity index (χ0n) is 10.6. The largest absolute Gasteiger partial charge is 0.497 e. The van der Waals surface area contributed by atoms with Crippen LogP contribution < -0.4 is 4.74 Å². The van der Waals surface area contributed by atoms with E-state index in [1.165, 1.54) is 0 Å². The van der Waals surface area contributed by atoms with Gasteiger partial charge in [0, 0.05) is 6.54 Å². The maximum atomic E-state index is 11.2. The summed E-state index contributed by atoms with van der Waals surface area (Å²) in [6.07, 6.45) is 2.85. The molecule has 4 heteroatoms. The van der Waals surface area contributed by atoms with E-state index in [4.69, 9.17) is 4.74 Å². The molecule has 0 aliphatic carbocycles. The SMILES string of the molecule is COc1ccc(CN2CCCCC2C(=O)O)cc1. The van der Waals surface area contributed by atoms with Crippen LogP contribution in [0.5, 0.6) is 5.75 Å². The van der Waals surface area contributed by atoms with Crippen molar-refractivity contribution in [2.24, 2.45) is 0 Å². The van der Waals surface area contributed by atoms with Crippen LogP contribution in [-0.4, -0.2) is 35.7 Å². The minimum atomic E-state index is -0.705. The van der Waals surface area contributed by atoms with Gasteiger partial charge in [-0.25, -0.2) is 0 Å². The number of rotatable bonds is 4. The maximum Gasteiger partial charge on any atom is 0.320 e. The Labute approximate surface area is 107 Å². The summed E-state index contributed by atoms with van der Waals surface area (Å²) in [6, 6.07) is 7.48. The summed E-state index contributed by atoms with van der Waals surface area (Å²) in [5, 5.41) is 9.21. The Balaban J connectivity index is 2.03. The fourth-order valence-electron chi connectivity index (χ4n) is 2.43. The number of benzene rings is 1. The lowest BCUT2D eigenvalue weighted by atomic mass is 10.0. The van der Waals surface area contributed by atoms with Crippen molar-refractivity contribution in [3.63, 3.8) is 0 Å². The molecule has 1 fully saturated rings. The average molecular weight is 249 g/mol. The van der Waals surface area contributed by atoms with Gasteiger partial charge in [-0.15, -0.1) is 0 Å². The molecule has 1 unspecified atom stereocenters. The zero-order chi connectivity index (χ0) is 13.0. The molecule has 1 aliphatic rings. The number of carbonyl (C=O) groups is 1. The second kappa shape index (κ2) is 5.87. The van der Waals surface area contributed by atoms with E-state index in [1.54, 1.807) is 7.11 Å². The highest BCUT2D eigenvalue weighted by atomic mass is 16.5. The second-order valence-corrected chi connectivity index (χ2v) is 4.67. The van der Waals surface area contributed by atoms with Gasteiger partial charge >= 0.3 is 5.97 Å². The van der Waals surface area contributed by atoms with Crippen molar-refractivity contribution in [1.82, 2.24) is 4.90 Å². The highest BCUT2D eigenvalue weighted by Crippen LogP contribution is 2.21. The Morgan fingerprint density at radius 3 is 2.72 bits per heavy atom. The van der Waals surface area contributed by atoms with Crippen LogP contribution in [0.4, 0.5) is 0 Å². The van der Waals surface area contributed by atoms with E-state index >= 15 is 0 Å². The van der Waals surface area contributed by atoms with Crippen molar-refractivity contribution in [3.8, 4) is 5.75 Å². The lowest BCUT2D eigenvalue weighted by molar-refractivity contribution is -0.144. The fourth-order valence-corrected chi connectivity index (χ4v) is 2.43. The molecule has 0 radical (unpaired) electrons. The Hall–Kier alpha value is -1.55. The highest BCUT2D eigenvalue weighted by Gasteiger charge is 2.28. The van der Waals surface area contributed by atoms with Crippen LogP contribution in [0.3, 0.4) is 0 Å². The summed E-state index contributed by atoms with van der Waals surface area (Å²) in [4.78, 5) is 13.2. The molecule has 0 bridgehead atoms. The molecule has 1 aliphatic heterocycles. The van der Waals surface area contributed by atoms with Crippen molar-refractivity contribution in [2.75, 3.05) is 13.7 Å². The molecule has 4 nitrogen and oxygen atoms in total. The molecule has 1 aromatic carbocycles. The number of methoxy groups -OCH3 is 1. The summed E-state index contributed by atoms with van der Waals surface area (Å²) in [5.74, 6) is 0.121. The molecule has 0 amide bonds. The third kappa shape index (κ3) is 3.01. The summed E-state index contributed by atoms with van der Waals surface area (Å²) >= 11 is 0. The zero-order valence-corrected chi connectivity index (χ0v) is 10.6. The first kappa shape index (κ1) is 12.9. The Kier molecular flexibility index (Phi) is 4.20. The number of aliphatic carboxylic acids is 1. The van der Waals surface area contributed by atoms with Gasteiger partial charge in [0.05, 0.1) is 7.11 Å². The molecule has 2 rings (SSSR count). The monoisotopic (exact) mass is 249 g/mol. The number of carboxylic acids is 1. The van der Waals surface area contributed by atoms with E-state index in [-0.39, 0.29) is 6.04 Å². The molecule has 98 valence electrons. The average Bonchev–Trinajstić information content (AvgIpc) is 2.40. The van der Waals surface area contributed by atoms with Gasteiger partial charge in [-0.2, -0.15) is 0 Å². The fraction of sp³-hybridized carbons (Fsp3) is 0.500. The van der Waals surface area contributed by atoms with Gasteiger partial charge in [0.25, 0.3) is 0 Å². The van der Waals surface area contributed by atoms with Crippen molar-refractivity contribution < 1.29 is 14.6 Å². The van der Waals surface area contributed by atoms with E-state index in [0.717, 1.165) is 37.1 Å². The molecule has 1 N–H and O–H groups in total. The molecule has 0 spiro atoms. The normalized spacial score (nSPS) is 20.6. The van der Waals surface area contributed by atoms with E-state index in [0.29, 0.717) is 6.54 Å². The van der Waals surface area contributed by atoms with E-state index in [1.807, 2.05) is 29.2 Å². The molecule has 1 heterocycles. The topological polar surface area (TPSA) is 49.8 Å². The van der Waals surface area contributed by atoms with Crippen molar-refractivity contribution >= 4 is 5.97 Å². The Bertz CT molecular complexity index is 402. The number of hydrogen-bond donors (Lipinski definition) is 1. The molecular formula is C14H19NO3. The van der Waals surface area contributed by atoms with Crippen LogP contribution in [0, 0.1) is 0 Å². The van der Waals surface area contributed by atoms with Crippen molar-refractivity contribution in [3.05, 3.63) is 29.8 Å². The van der Waals surface area contributed by atoms with Gasteiger partial charge in [0.1, 0.15) is 11.8 Å². The van der Waals surface area contributed by atoms with Gasteiger partial charge in [-0.3, -0.25) is 9.69 Å². The lowest BCUT2D eigenvalue weighted by Crippen LogP contribution is -2.43. The molecule has 1 atom stereocenters. The van der Waals surface area contributed by atoms with Crippen LogP contribution in [0.2, 0.25) is 0 Å².